The van der Waals surface area contributed by atoms with Crippen molar-refractivity contribution < 1.29 is 13.2 Å². The molecule has 0 heterocycles. The molecule has 0 fully saturated rings. The van der Waals surface area contributed by atoms with Crippen LogP contribution in [0.15, 0.2) is 30.3 Å². The Morgan fingerprint density at radius 3 is 2.07 bits per heavy atom. The molecular weight excluding hydrogens is 282 g/mol. The highest BCUT2D eigenvalue weighted by atomic mass is 79.9. The lowest BCUT2D eigenvalue weighted by Crippen LogP contribution is -2.28. The molecule has 0 aliphatic rings. The summed E-state index contributed by atoms with van der Waals surface area (Å²) < 4.78 is 35.6. The Kier molecular flexibility index (Phi) is 5.48. The lowest BCUT2D eigenvalue weighted by atomic mass is 10.2. The van der Waals surface area contributed by atoms with Gasteiger partial charge < -0.3 is 0 Å². The third kappa shape index (κ3) is 4.30. The Morgan fingerprint density at radius 1 is 1.14 bits per heavy atom. The molecular formula is C8H8BrClF3N. The highest BCUT2D eigenvalue weighted by Crippen LogP contribution is 2.25. The lowest BCUT2D eigenvalue weighted by Gasteiger charge is -2.16. The van der Waals surface area contributed by atoms with Crippen molar-refractivity contribution in [2.45, 2.75) is 12.8 Å². The monoisotopic (exact) mass is 289 g/mol. The van der Waals surface area contributed by atoms with Crippen molar-refractivity contribution in [2.24, 2.45) is 0 Å². The van der Waals surface area contributed by atoms with E-state index in [1.54, 1.807) is 30.3 Å². The Bertz CT molecular complexity index is 265. The van der Waals surface area contributed by atoms with Crippen LogP contribution in [0.5, 0.6) is 0 Å². The maximum Gasteiger partial charge on any atom is 0.474 e. The number of rotatable bonds is 2. The Morgan fingerprint density at radius 2 is 1.64 bits per heavy atom. The van der Waals surface area contributed by atoms with Gasteiger partial charge in [0.05, 0.1) is 0 Å². The number of nitrogens with zero attached hydrogens (tertiary/aromatic N) is 1. The first kappa shape index (κ1) is 13.7. The van der Waals surface area contributed by atoms with E-state index in [0.29, 0.717) is 5.56 Å². The van der Waals surface area contributed by atoms with Crippen LogP contribution in [0.2, 0.25) is 0 Å². The highest BCUT2D eigenvalue weighted by molar-refractivity contribution is 8.93. The van der Waals surface area contributed by atoms with Gasteiger partial charge in [0, 0.05) is 6.54 Å². The second-order valence-corrected chi connectivity index (χ2v) is 2.88. The summed E-state index contributed by atoms with van der Waals surface area (Å²) in [5, 5.41) is 0. The number of alkyl halides is 3. The van der Waals surface area contributed by atoms with Crippen molar-refractivity contribution in [1.82, 2.24) is 4.42 Å². The molecule has 0 N–H and O–H groups in total. The van der Waals surface area contributed by atoms with E-state index < -0.39 is 6.30 Å². The van der Waals surface area contributed by atoms with Crippen LogP contribution in [-0.2, 0) is 6.54 Å². The number of benzene rings is 1. The van der Waals surface area contributed by atoms with Crippen LogP contribution in [-0.4, -0.2) is 10.7 Å². The van der Waals surface area contributed by atoms with Crippen LogP contribution in [0.4, 0.5) is 13.2 Å². The molecule has 0 amide bonds. The summed E-state index contributed by atoms with van der Waals surface area (Å²) in [7, 11) is 0. The summed E-state index contributed by atoms with van der Waals surface area (Å²) in [6.07, 6.45) is -4.49. The second kappa shape index (κ2) is 5.58. The zero-order valence-electron chi connectivity index (χ0n) is 6.96. The molecule has 6 heteroatoms. The average Bonchev–Trinajstić information content (AvgIpc) is 2.04. The van der Waals surface area contributed by atoms with E-state index in [2.05, 4.69) is 0 Å². The van der Waals surface area contributed by atoms with Gasteiger partial charge in [0.25, 0.3) is 0 Å². The molecule has 0 radical (unpaired) electrons. The molecule has 1 rings (SSSR count). The summed E-state index contributed by atoms with van der Waals surface area (Å²) in [4.78, 5) is 0. The van der Waals surface area contributed by atoms with Crippen molar-refractivity contribution in [3.63, 3.8) is 0 Å². The van der Waals surface area contributed by atoms with Crippen LogP contribution in [0.1, 0.15) is 5.56 Å². The molecule has 14 heavy (non-hydrogen) atoms. The first-order chi connectivity index (χ1) is 6.00. The summed E-state index contributed by atoms with van der Waals surface area (Å²) in [5.74, 6) is 0. The predicted octanol–water partition coefficient (Wildman–Crippen LogP) is 3.74. The molecule has 0 unspecified atom stereocenters. The predicted molar refractivity (Wildman–Crippen MR) is 54.2 cm³/mol. The van der Waals surface area contributed by atoms with E-state index in [9.17, 15) is 13.2 Å². The molecule has 1 aromatic carbocycles. The van der Waals surface area contributed by atoms with E-state index in [4.69, 9.17) is 11.8 Å². The SMILES string of the molecule is Br.FC(F)(F)N(Cl)Cc1ccccc1. The number of hydrogen-bond acceptors (Lipinski definition) is 1. The smallest absolute Gasteiger partial charge is 0.154 e. The maximum atomic E-state index is 11.9. The summed E-state index contributed by atoms with van der Waals surface area (Å²) in [6, 6.07) is 8.23. The van der Waals surface area contributed by atoms with Gasteiger partial charge >= 0.3 is 6.30 Å². The zero-order chi connectivity index (χ0) is 9.90. The molecule has 0 saturated heterocycles. The van der Waals surface area contributed by atoms with Gasteiger partial charge in [0.2, 0.25) is 0 Å². The molecule has 1 nitrogen and oxygen atoms in total. The fourth-order valence-electron chi connectivity index (χ4n) is 0.833. The van der Waals surface area contributed by atoms with E-state index in [1.165, 1.54) is 0 Å². The topological polar surface area (TPSA) is 3.24 Å². The normalized spacial score (nSPS) is 11.2. The molecule has 80 valence electrons. The van der Waals surface area contributed by atoms with Gasteiger partial charge in [-0.2, -0.15) is 13.2 Å². The van der Waals surface area contributed by atoms with E-state index in [-0.39, 0.29) is 27.9 Å². The van der Waals surface area contributed by atoms with Crippen molar-refractivity contribution in [1.29, 1.82) is 0 Å². The van der Waals surface area contributed by atoms with Gasteiger partial charge in [0.1, 0.15) is 0 Å². The van der Waals surface area contributed by atoms with Crippen LogP contribution in [0, 0.1) is 0 Å². The molecule has 0 aliphatic carbocycles. The van der Waals surface area contributed by atoms with Crippen molar-refractivity contribution in [2.75, 3.05) is 0 Å². The van der Waals surface area contributed by atoms with E-state index in [0.717, 1.165) is 0 Å². The maximum absolute atomic E-state index is 11.9. The van der Waals surface area contributed by atoms with Crippen molar-refractivity contribution in [3.05, 3.63) is 35.9 Å². The molecule has 1 aromatic rings. The van der Waals surface area contributed by atoms with Gasteiger partial charge in [-0.15, -0.1) is 21.4 Å². The molecule has 0 saturated carbocycles. The number of halogens is 5. The van der Waals surface area contributed by atoms with Gasteiger partial charge in [0.15, 0.2) is 0 Å². The largest absolute Gasteiger partial charge is 0.474 e. The third-order valence-corrected chi connectivity index (χ3v) is 1.75. The summed E-state index contributed by atoms with van der Waals surface area (Å²) in [6.45, 7) is -0.341. The number of hydrogen-bond donors (Lipinski definition) is 0. The van der Waals surface area contributed by atoms with Crippen molar-refractivity contribution in [3.8, 4) is 0 Å². The summed E-state index contributed by atoms with van der Waals surface area (Å²) >= 11 is 5.00. The molecule has 0 atom stereocenters. The van der Waals surface area contributed by atoms with E-state index >= 15 is 0 Å². The molecule has 0 aromatic heterocycles. The quantitative estimate of drug-likeness (QED) is 0.592. The Labute approximate surface area is 95.3 Å². The molecule has 0 bridgehead atoms. The minimum atomic E-state index is -4.49. The van der Waals surface area contributed by atoms with E-state index in [1.807, 2.05) is 0 Å². The Hall–Kier alpha value is -0.260. The fourth-order valence-corrected chi connectivity index (χ4v) is 0.971. The summed E-state index contributed by atoms with van der Waals surface area (Å²) in [5.41, 5.74) is 0.523. The first-order valence-corrected chi connectivity index (χ1v) is 3.88. The van der Waals surface area contributed by atoms with Gasteiger partial charge in [-0.05, 0) is 17.3 Å². The molecule has 0 aliphatic heterocycles. The minimum absolute atomic E-state index is 0. The van der Waals surface area contributed by atoms with Crippen LogP contribution < -0.4 is 0 Å². The standard InChI is InChI=1S/C8H7ClF3N.BrH/c9-13(8(10,11)12)6-7-4-2-1-3-5-7;/h1-5H,6H2;1H. The second-order valence-electron chi connectivity index (χ2n) is 2.47. The third-order valence-electron chi connectivity index (χ3n) is 1.44. The van der Waals surface area contributed by atoms with Gasteiger partial charge in [-0.25, -0.2) is 0 Å². The Balaban J connectivity index is 0.00000169. The first-order valence-electron chi connectivity index (χ1n) is 3.54. The van der Waals surface area contributed by atoms with Crippen LogP contribution in [0.3, 0.4) is 0 Å². The molecule has 0 spiro atoms. The van der Waals surface area contributed by atoms with Crippen LogP contribution in [0.25, 0.3) is 0 Å². The lowest BCUT2D eigenvalue weighted by molar-refractivity contribution is -0.213. The van der Waals surface area contributed by atoms with Crippen LogP contribution >= 0.6 is 28.8 Å². The van der Waals surface area contributed by atoms with Gasteiger partial charge in [-0.3, -0.25) is 0 Å². The zero-order valence-corrected chi connectivity index (χ0v) is 9.43. The highest BCUT2D eigenvalue weighted by Gasteiger charge is 2.36. The average molecular weight is 291 g/mol. The van der Waals surface area contributed by atoms with Gasteiger partial charge in [-0.1, -0.05) is 30.3 Å². The minimum Gasteiger partial charge on any atom is -0.154 e. The fraction of sp³-hybridized carbons (Fsp3) is 0.250. The van der Waals surface area contributed by atoms with Crippen molar-refractivity contribution >= 4 is 28.8 Å².